The minimum atomic E-state index is -0.423. The van der Waals surface area contributed by atoms with Crippen molar-refractivity contribution >= 4 is 11.6 Å². The number of nitrogens with zero attached hydrogens (tertiary/aromatic N) is 1. The van der Waals surface area contributed by atoms with Gasteiger partial charge in [-0.2, -0.15) is 0 Å². The molecule has 132 valence electrons. The molecule has 5 nitrogen and oxygen atoms in total. The molecule has 1 amide bonds. The summed E-state index contributed by atoms with van der Waals surface area (Å²) in [4.78, 5) is 15.1. The number of anilines is 1. The minimum Gasteiger partial charge on any atom is -0.497 e. The van der Waals surface area contributed by atoms with Crippen molar-refractivity contribution in [2.24, 2.45) is 0 Å². The van der Waals surface area contributed by atoms with E-state index in [1.807, 2.05) is 59.5 Å². The van der Waals surface area contributed by atoms with E-state index in [0.717, 1.165) is 30.0 Å². The first-order valence-corrected chi connectivity index (χ1v) is 8.60. The molecule has 1 aliphatic heterocycles. The molecule has 0 radical (unpaired) electrons. The fraction of sp³-hybridized carbons (Fsp3) is 0.350. The summed E-state index contributed by atoms with van der Waals surface area (Å²) in [5.41, 5.74) is 1.84. The van der Waals surface area contributed by atoms with Gasteiger partial charge in [0, 0.05) is 25.4 Å². The second-order valence-corrected chi connectivity index (χ2v) is 6.01. The average Bonchev–Trinajstić information content (AvgIpc) is 2.96. The number of benzene rings is 2. The van der Waals surface area contributed by atoms with Crippen molar-refractivity contribution in [2.45, 2.75) is 12.5 Å². The largest absolute Gasteiger partial charge is 0.497 e. The number of amides is 1. The molecule has 1 heterocycles. The Morgan fingerprint density at radius 1 is 1.08 bits per heavy atom. The summed E-state index contributed by atoms with van der Waals surface area (Å²) >= 11 is 0. The van der Waals surface area contributed by atoms with Crippen molar-refractivity contribution in [3.05, 3.63) is 60.2 Å². The van der Waals surface area contributed by atoms with Gasteiger partial charge >= 0.3 is 0 Å². The Hall–Kier alpha value is -2.53. The second kappa shape index (κ2) is 8.53. The number of carbonyl (C=O) groups is 1. The summed E-state index contributed by atoms with van der Waals surface area (Å²) in [6.07, 6.45) is 0.871. The van der Waals surface area contributed by atoms with Gasteiger partial charge in [-0.05, 0) is 36.2 Å². The Bertz CT molecular complexity index is 665. The minimum absolute atomic E-state index is 0.0764. The fourth-order valence-corrected chi connectivity index (χ4v) is 2.94. The van der Waals surface area contributed by atoms with Crippen molar-refractivity contribution in [2.75, 3.05) is 38.7 Å². The van der Waals surface area contributed by atoms with Crippen LogP contribution in [0, 0.1) is 0 Å². The van der Waals surface area contributed by atoms with Gasteiger partial charge in [0.05, 0.1) is 13.7 Å². The zero-order chi connectivity index (χ0) is 17.5. The van der Waals surface area contributed by atoms with Crippen molar-refractivity contribution in [3.63, 3.8) is 0 Å². The fourth-order valence-electron chi connectivity index (χ4n) is 2.94. The van der Waals surface area contributed by atoms with Crippen LogP contribution in [0.4, 0.5) is 5.69 Å². The van der Waals surface area contributed by atoms with E-state index in [4.69, 9.17) is 9.47 Å². The van der Waals surface area contributed by atoms with Crippen LogP contribution in [0.5, 0.6) is 5.75 Å². The Labute approximate surface area is 148 Å². The van der Waals surface area contributed by atoms with E-state index in [0.29, 0.717) is 19.8 Å². The molecule has 0 aromatic heterocycles. The number of hydrogen-bond donors (Lipinski definition) is 1. The third-order valence-electron chi connectivity index (χ3n) is 4.31. The molecule has 0 saturated carbocycles. The van der Waals surface area contributed by atoms with Crippen molar-refractivity contribution in [1.82, 2.24) is 4.90 Å². The van der Waals surface area contributed by atoms with Gasteiger partial charge < -0.3 is 19.7 Å². The number of nitrogens with one attached hydrogen (secondary N) is 1. The van der Waals surface area contributed by atoms with Gasteiger partial charge in [-0.3, -0.25) is 4.79 Å². The van der Waals surface area contributed by atoms with Crippen molar-refractivity contribution in [3.8, 4) is 5.75 Å². The number of rotatable bonds is 5. The summed E-state index contributed by atoms with van der Waals surface area (Å²) in [6.45, 7) is 2.67. The highest BCUT2D eigenvalue weighted by Gasteiger charge is 2.26. The first-order chi connectivity index (χ1) is 12.3. The molecular weight excluding hydrogens is 316 g/mol. The summed E-state index contributed by atoms with van der Waals surface area (Å²) in [5, 5.41) is 3.38. The van der Waals surface area contributed by atoms with Gasteiger partial charge in [0.15, 0.2) is 0 Å². The first-order valence-electron chi connectivity index (χ1n) is 8.60. The lowest BCUT2D eigenvalue weighted by Gasteiger charge is -2.27. The summed E-state index contributed by atoms with van der Waals surface area (Å²) in [6, 6.07) is 17.0. The van der Waals surface area contributed by atoms with Crippen LogP contribution in [0.25, 0.3) is 0 Å². The maximum atomic E-state index is 13.2. The normalized spacial score (nSPS) is 16.0. The van der Waals surface area contributed by atoms with Crippen LogP contribution >= 0.6 is 0 Å². The number of carbonyl (C=O) groups excluding carboxylic acids is 1. The Morgan fingerprint density at radius 3 is 2.56 bits per heavy atom. The molecule has 1 fully saturated rings. The molecule has 1 atom stereocenters. The van der Waals surface area contributed by atoms with Gasteiger partial charge in [-0.1, -0.05) is 30.3 Å². The maximum absolute atomic E-state index is 13.2. The van der Waals surface area contributed by atoms with Crippen LogP contribution < -0.4 is 10.1 Å². The second-order valence-electron chi connectivity index (χ2n) is 6.01. The lowest BCUT2D eigenvalue weighted by atomic mass is 10.0. The molecule has 2 aromatic carbocycles. The van der Waals surface area contributed by atoms with E-state index < -0.39 is 6.04 Å². The molecule has 1 aliphatic rings. The standard InChI is InChI=1S/C20H24N2O3/c1-24-18-10-8-17(9-11-18)21-19(16-6-3-2-4-7-16)20(23)22-12-5-14-25-15-13-22/h2-4,6-11,19,21H,5,12-15H2,1H3. The smallest absolute Gasteiger partial charge is 0.249 e. The summed E-state index contributed by atoms with van der Waals surface area (Å²) in [7, 11) is 1.64. The van der Waals surface area contributed by atoms with Crippen LogP contribution in [0.3, 0.4) is 0 Å². The third-order valence-corrected chi connectivity index (χ3v) is 4.31. The van der Waals surface area contributed by atoms with Crippen LogP contribution in [0.2, 0.25) is 0 Å². The zero-order valence-electron chi connectivity index (χ0n) is 14.5. The molecule has 0 spiro atoms. The molecule has 5 heteroatoms. The number of ether oxygens (including phenoxy) is 2. The predicted molar refractivity (Wildman–Crippen MR) is 97.8 cm³/mol. The number of hydrogen-bond acceptors (Lipinski definition) is 4. The maximum Gasteiger partial charge on any atom is 0.249 e. The van der Waals surface area contributed by atoms with Gasteiger partial charge in [0.25, 0.3) is 0 Å². The van der Waals surface area contributed by atoms with E-state index in [1.165, 1.54) is 0 Å². The van der Waals surface area contributed by atoms with Crippen LogP contribution in [0.15, 0.2) is 54.6 Å². The highest BCUT2D eigenvalue weighted by atomic mass is 16.5. The molecule has 0 bridgehead atoms. The quantitative estimate of drug-likeness (QED) is 0.909. The van der Waals surface area contributed by atoms with Gasteiger partial charge in [0.2, 0.25) is 5.91 Å². The van der Waals surface area contributed by atoms with E-state index in [1.54, 1.807) is 7.11 Å². The summed E-state index contributed by atoms with van der Waals surface area (Å²) in [5.74, 6) is 0.866. The van der Waals surface area contributed by atoms with E-state index >= 15 is 0 Å². The Balaban J connectivity index is 1.82. The topological polar surface area (TPSA) is 50.8 Å². The monoisotopic (exact) mass is 340 g/mol. The highest BCUT2D eigenvalue weighted by Crippen LogP contribution is 2.24. The van der Waals surface area contributed by atoms with Crippen molar-refractivity contribution in [1.29, 1.82) is 0 Å². The average molecular weight is 340 g/mol. The first kappa shape index (κ1) is 17.3. The van der Waals surface area contributed by atoms with E-state index in [2.05, 4.69) is 5.32 Å². The van der Waals surface area contributed by atoms with Crippen LogP contribution in [0.1, 0.15) is 18.0 Å². The molecule has 2 aromatic rings. The lowest BCUT2D eigenvalue weighted by molar-refractivity contribution is -0.132. The van der Waals surface area contributed by atoms with Gasteiger partial charge in [-0.25, -0.2) is 0 Å². The molecule has 0 aliphatic carbocycles. The molecule has 1 unspecified atom stereocenters. The Kier molecular flexibility index (Phi) is 5.90. The number of methoxy groups -OCH3 is 1. The molecule has 1 saturated heterocycles. The van der Waals surface area contributed by atoms with E-state index in [9.17, 15) is 4.79 Å². The van der Waals surface area contributed by atoms with Gasteiger partial charge in [0.1, 0.15) is 11.8 Å². The van der Waals surface area contributed by atoms with Gasteiger partial charge in [-0.15, -0.1) is 0 Å². The Morgan fingerprint density at radius 2 is 1.84 bits per heavy atom. The molecule has 25 heavy (non-hydrogen) atoms. The predicted octanol–water partition coefficient (Wildman–Crippen LogP) is 3.10. The van der Waals surface area contributed by atoms with E-state index in [-0.39, 0.29) is 5.91 Å². The van der Waals surface area contributed by atoms with Crippen LogP contribution in [-0.2, 0) is 9.53 Å². The lowest BCUT2D eigenvalue weighted by Crippen LogP contribution is -2.39. The zero-order valence-corrected chi connectivity index (χ0v) is 14.5. The van der Waals surface area contributed by atoms with Crippen LogP contribution in [-0.4, -0.2) is 44.2 Å². The summed E-state index contributed by atoms with van der Waals surface area (Å²) < 4.78 is 10.7. The SMILES string of the molecule is COc1ccc(NC(C(=O)N2CCCOCC2)c2ccccc2)cc1. The molecule has 1 N–H and O–H groups in total. The van der Waals surface area contributed by atoms with Crippen molar-refractivity contribution < 1.29 is 14.3 Å². The molecular formula is C20H24N2O3. The molecule has 3 rings (SSSR count). The third kappa shape index (κ3) is 4.51. The highest BCUT2D eigenvalue weighted by molar-refractivity contribution is 5.86.